The number of amidine groups is 1. The Bertz CT molecular complexity index is 555. The summed E-state index contributed by atoms with van der Waals surface area (Å²) in [5, 5.41) is 12.3. The van der Waals surface area contributed by atoms with Gasteiger partial charge >= 0.3 is 0 Å². The lowest BCUT2D eigenvalue weighted by molar-refractivity contribution is -0.0829. The van der Waals surface area contributed by atoms with Gasteiger partial charge in [0.2, 0.25) is 5.88 Å². The van der Waals surface area contributed by atoms with Crippen molar-refractivity contribution < 1.29 is 9.84 Å². The van der Waals surface area contributed by atoms with E-state index in [1.54, 1.807) is 0 Å². The minimum atomic E-state index is -0.159. The van der Waals surface area contributed by atoms with Crippen molar-refractivity contribution in [2.75, 3.05) is 31.5 Å². The molecule has 1 aromatic heterocycles. The molecule has 20 heavy (non-hydrogen) atoms. The summed E-state index contributed by atoms with van der Waals surface area (Å²) in [6.45, 7) is 4.02. The Kier molecular flexibility index (Phi) is 2.56. The number of ether oxygens (including phenoxy) is 1. The number of aliphatic imine (C=N–C) groups is 1. The van der Waals surface area contributed by atoms with Crippen LogP contribution in [-0.2, 0) is 4.74 Å². The highest BCUT2D eigenvalue weighted by Gasteiger charge is 2.51. The number of hydrogen-bond acceptors (Lipinski definition) is 7. The first-order valence-electron chi connectivity index (χ1n) is 6.97. The van der Waals surface area contributed by atoms with E-state index in [0.29, 0.717) is 24.3 Å². The molecule has 7 nitrogen and oxygen atoms in total. The van der Waals surface area contributed by atoms with E-state index >= 15 is 0 Å². The molecule has 106 valence electrons. The van der Waals surface area contributed by atoms with Gasteiger partial charge < -0.3 is 9.84 Å². The Balaban J connectivity index is 1.48. The SMILES string of the molecule is Oc1cc(NC2=NC[C@@]3(CN4CCC3CC4)O2)ncn1. The second-order valence-corrected chi connectivity index (χ2v) is 5.73. The molecule has 3 fully saturated rings. The van der Waals surface area contributed by atoms with Gasteiger partial charge in [0.25, 0.3) is 6.02 Å². The molecule has 4 aliphatic heterocycles. The van der Waals surface area contributed by atoms with Gasteiger partial charge in [0.15, 0.2) is 0 Å². The summed E-state index contributed by atoms with van der Waals surface area (Å²) >= 11 is 0. The number of fused-ring (bicyclic) bond motifs is 2. The average Bonchev–Trinajstić information content (AvgIpc) is 2.83. The van der Waals surface area contributed by atoms with Crippen molar-refractivity contribution >= 4 is 11.8 Å². The maximum absolute atomic E-state index is 9.34. The van der Waals surface area contributed by atoms with E-state index in [0.717, 1.165) is 6.54 Å². The van der Waals surface area contributed by atoms with Crippen molar-refractivity contribution in [3.63, 3.8) is 0 Å². The molecule has 2 bridgehead atoms. The molecule has 0 saturated carbocycles. The van der Waals surface area contributed by atoms with Gasteiger partial charge in [-0.1, -0.05) is 0 Å². The molecule has 5 heterocycles. The van der Waals surface area contributed by atoms with Crippen LogP contribution in [0.15, 0.2) is 17.4 Å². The number of aromatic hydroxyl groups is 1. The number of aromatic nitrogens is 2. The van der Waals surface area contributed by atoms with Crippen molar-refractivity contribution in [1.29, 1.82) is 0 Å². The monoisotopic (exact) mass is 275 g/mol. The summed E-state index contributed by atoms with van der Waals surface area (Å²) in [5.41, 5.74) is -0.159. The summed E-state index contributed by atoms with van der Waals surface area (Å²) in [5.74, 6) is 1.02. The van der Waals surface area contributed by atoms with E-state index < -0.39 is 0 Å². The molecule has 1 atom stereocenters. The van der Waals surface area contributed by atoms with Crippen LogP contribution in [0.3, 0.4) is 0 Å². The Morgan fingerprint density at radius 3 is 2.90 bits per heavy atom. The summed E-state index contributed by atoms with van der Waals surface area (Å²) in [4.78, 5) is 14.6. The minimum Gasteiger partial charge on any atom is -0.493 e. The second-order valence-electron chi connectivity index (χ2n) is 5.73. The van der Waals surface area contributed by atoms with Crippen LogP contribution in [0.25, 0.3) is 0 Å². The highest BCUT2D eigenvalue weighted by molar-refractivity contribution is 5.89. The third kappa shape index (κ3) is 1.89. The predicted molar refractivity (Wildman–Crippen MR) is 72.6 cm³/mol. The summed E-state index contributed by atoms with van der Waals surface area (Å²) in [6.07, 6.45) is 3.69. The van der Waals surface area contributed by atoms with Crippen LogP contribution < -0.4 is 5.32 Å². The molecule has 0 aromatic carbocycles. The number of anilines is 1. The highest BCUT2D eigenvalue weighted by atomic mass is 16.5. The Morgan fingerprint density at radius 2 is 2.20 bits per heavy atom. The molecule has 0 unspecified atom stereocenters. The van der Waals surface area contributed by atoms with Gasteiger partial charge in [-0.15, -0.1) is 0 Å². The molecular formula is C13H17N5O2. The van der Waals surface area contributed by atoms with Gasteiger partial charge in [-0.2, -0.15) is 0 Å². The van der Waals surface area contributed by atoms with Crippen molar-refractivity contribution in [3.05, 3.63) is 12.4 Å². The number of nitrogens with zero attached hydrogens (tertiary/aromatic N) is 4. The third-order valence-electron chi connectivity index (χ3n) is 4.50. The molecule has 0 amide bonds. The van der Waals surface area contributed by atoms with Crippen molar-refractivity contribution in [2.45, 2.75) is 18.4 Å². The lowest BCUT2D eigenvalue weighted by Crippen LogP contribution is -2.61. The van der Waals surface area contributed by atoms with E-state index in [1.165, 1.54) is 38.3 Å². The van der Waals surface area contributed by atoms with E-state index in [2.05, 4.69) is 25.2 Å². The van der Waals surface area contributed by atoms with Crippen LogP contribution in [0.4, 0.5) is 5.82 Å². The van der Waals surface area contributed by atoms with E-state index in [9.17, 15) is 5.11 Å². The molecule has 7 heteroatoms. The zero-order valence-corrected chi connectivity index (χ0v) is 11.1. The summed E-state index contributed by atoms with van der Waals surface area (Å²) in [7, 11) is 0. The van der Waals surface area contributed by atoms with Gasteiger partial charge in [0, 0.05) is 18.5 Å². The Labute approximate surface area is 116 Å². The van der Waals surface area contributed by atoms with Gasteiger partial charge in [-0.3, -0.25) is 10.2 Å². The van der Waals surface area contributed by atoms with Crippen LogP contribution in [0, 0.1) is 5.92 Å². The van der Waals surface area contributed by atoms with E-state index in [1.807, 2.05) is 0 Å². The molecule has 4 aliphatic rings. The maximum Gasteiger partial charge on any atom is 0.291 e. The maximum atomic E-state index is 9.34. The molecular weight excluding hydrogens is 258 g/mol. The molecule has 0 aliphatic carbocycles. The zero-order chi connectivity index (χ0) is 13.6. The first kappa shape index (κ1) is 11.9. The fourth-order valence-corrected chi connectivity index (χ4v) is 3.47. The predicted octanol–water partition coefficient (Wildman–Crippen LogP) is 0.445. The molecule has 2 N–H and O–H groups in total. The Hall–Kier alpha value is -1.89. The highest BCUT2D eigenvalue weighted by Crippen LogP contribution is 2.40. The number of hydrogen-bond donors (Lipinski definition) is 2. The molecule has 3 saturated heterocycles. The fraction of sp³-hybridized carbons (Fsp3) is 0.615. The van der Waals surface area contributed by atoms with E-state index in [4.69, 9.17) is 4.74 Å². The second kappa shape index (κ2) is 4.31. The smallest absolute Gasteiger partial charge is 0.291 e. The number of rotatable bonds is 1. The normalized spacial score (nSPS) is 34.9. The minimum absolute atomic E-state index is 0.0707. The zero-order valence-electron chi connectivity index (χ0n) is 11.1. The number of piperidine rings is 3. The van der Waals surface area contributed by atoms with Crippen LogP contribution in [-0.4, -0.2) is 57.8 Å². The standard InChI is InChI=1S/C13H17N5O2/c19-11-5-10(15-8-16-11)17-12-14-6-13(20-12)7-18-3-1-9(13)2-4-18/h5,8-9H,1-4,6-7H2,(H2,14,15,16,17,19)/t13-/m0/s1. The van der Waals surface area contributed by atoms with Gasteiger partial charge in [0.05, 0.1) is 6.54 Å². The molecule has 0 radical (unpaired) electrons. The van der Waals surface area contributed by atoms with Crippen LogP contribution in [0.2, 0.25) is 0 Å². The summed E-state index contributed by atoms with van der Waals surface area (Å²) in [6, 6.07) is 1.95. The van der Waals surface area contributed by atoms with Crippen molar-refractivity contribution in [1.82, 2.24) is 14.9 Å². The molecule has 1 aromatic rings. The van der Waals surface area contributed by atoms with Crippen LogP contribution >= 0.6 is 0 Å². The average molecular weight is 275 g/mol. The largest absolute Gasteiger partial charge is 0.493 e. The topological polar surface area (TPSA) is 82.9 Å². The van der Waals surface area contributed by atoms with Crippen LogP contribution in [0.1, 0.15) is 12.8 Å². The quantitative estimate of drug-likeness (QED) is 0.774. The first-order chi connectivity index (χ1) is 9.73. The Morgan fingerprint density at radius 1 is 1.35 bits per heavy atom. The lowest BCUT2D eigenvalue weighted by atomic mass is 9.75. The summed E-state index contributed by atoms with van der Waals surface area (Å²) < 4.78 is 6.12. The number of nitrogens with one attached hydrogen (secondary N) is 1. The van der Waals surface area contributed by atoms with Crippen molar-refractivity contribution in [3.8, 4) is 5.88 Å². The third-order valence-corrected chi connectivity index (χ3v) is 4.50. The molecule has 1 spiro atoms. The van der Waals surface area contributed by atoms with Gasteiger partial charge in [0.1, 0.15) is 17.7 Å². The van der Waals surface area contributed by atoms with Gasteiger partial charge in [-0.05, 0) is 25.9 Å². The first-order valence-corrected chi connectivity index (χ1v) is 6.97. The van der Waals surface area contributed by atoms with Crippen LogP contribution in [0.5, 0.6) is 5.88 Å². The van der Waals surface area contributed by atoms with Gasteiger partial charge in [-0.25, -0.2) is 15.0 Å². The van der Waals surface area contributed by atoms with E-state index in [-0.39, 0.29) is 11.5 Å². The molecule has 5 rings (SSSR count). The fourth-order valence-electron chi connectivity index (χ4n) is 3.47. The van der Waals surface area contributed by atoms with Crippen molar-refractivity contribution in [2.24, 2.45) is 10.9 Å². The lowest BCUT2D eigenvalue weighted by Gasteiger charge is -2.50.